The summed E-state index contributed by atoms with van der Waals surface area (Å²) in [6, 6.07) is 22.0. The number of Topliss-reactive ketones (excluding diaryl/α,β-unsaturated/α-hetero) is 3. The summed E-state index contributed by atoms with van der Waals surface area (Å²) in [4.78, 5) is 140. The minimum Gasteiger partial charge on any atom is -0.478 e. The molecule has 0 saturated carbocycles. The van der Waals surface area contributed by atoms with Crippen LogP contribution in [0.4, 0.5) is 40.3 Å². The van der Waals surface area contributed by atoms with Crippen molar-refractivity contribution < 1.29 is 146 Å². The fourth-order valence-electron chi connectivity index (χ4n) is 16.5. The van der Waals surface area contributed by atoms with Gasteiger partial charge < -0.3 is 76.6 Å². The first-order valence-electron chi connectivity index (χ1n) is 39.8. The highest BCUT2D eigenvalue weighted by Crippen LogP contribution is 2.52. The number of carbonyl (C=O) groups excluding carboxylic acids is 4. The number of nitrogens with zero attached hydrogens (tertiary/aromatic N) is 7. The normalized spacial score (nSPS) is 17.0. The van der Waals surface area contributed by atoms with Gasteiger partial charge >= 0.3 is 29.9 Å². The third-order valence-electron chi connectivity index (χ3n) is 22.6. The monoisotopic (exact) mass is 2000 g/mol. The number of aliphatic imine (C=N–C) groups is 2. The molecule has 10 aromatic rings. The lowest BCUT2D eigenvalue weighted by atomic mass is 9.69. The Hall–Kier alpha value is -16.0. The summed E-state index contributed by atoms with van der Waals surface area (Å²) >= 11 is 0. The van der Waals surface area contributed by atoms with Crippen LogP contribution in [0.25, 0.3) is 16.5 Å². The zero-order valence-electron chi connectivity index (χ0n) is 70.2. The molecule has 5 unspecified atom stereocenters. The molecule has 6 aliphatic rings. The second-order valence-electron chi connectivity index (χ2n) is 31.1. The fraction of sp³-hybridized carbons (Fsp3) is 0.129. The van der Waals surface area contributed by atoms with Crippen molar-refractivity contribution in [3.63, 3.8) is 0 Å². The Kier molecular flexibility index (Phi) is 24.4. The summed E-state index contributed by atoms with van der Waals surface area (Å²) in [6.45, 7) is 0.525. The van der Waals surface area contributed by atoms with E-state index in [0.29, 0.717) is 12.1 Å². The zero-order chi connectivity index (χ0) is 99.5. The molecule has 710 valence electrons. The number of anilines is 7. The molecule has 0 spiro atoms. The Bertz CT molecular complexity index is 8200. The van der Waals surface area contributed by atoms with E-state index < -0.39 is 283 Å². The first-order chi connectivity index (χ1) is 64.8. The number of ketones is 3. The lowest BCUT2D eigenvalue weighted by Crippen LogP contribution is -2.48. The number of guanidine groups is 2. The van der Waals surface area contributed by atoms with Crippen LogP contribution in [0.15, 0.2) is 243 Å². The fourth-order valence-corrected chi connectivity index (χ4v) is 20.3. The van der Waals surface area contributed by atoms with E-state index in [0.717, 1.165) is 77.7 Å². The number of hydrogen-bond donors (Lipinski definition) is 17. The van der Waals surface area contributed by atoms with E-state index in [9.17, 15) is 132 Å². The molecule has 2 aliphatic heterocycles. The molecule has 53 heteroatoms. The minimum absolute atomic E-state index is 0.0275. The molecule has 0 fully saturated rings. The Morgan fingerprint density at radius 2 is 1.05 bits per heavy atom. The summed E-state index contributed by atoms with van der Waals surface area (Å²) < 4.78 is 235. The molecule has 0 saturated heterocycles. The Morgan fingerprint density at radius 3 is 1.63 bits per heavy atom. The van der Waals surface area contributed by atoms with Crippen LogP contribution in [0.3, 0.4) is 0 Å². The van der Waals surface area contributed by atoms with Crippen LogP contribution in [0, 0.1) is 5.92 Å². The van der Waals surface area contributed by atoms with E-state index >= 15 is 9.59 Å². The summed E-state index contributed by atoms with van der Waals surface area (Å²) in [5.74, 6) is -17.2. The van der Waals surface area contributed by atoms with Crippen molar-refractivity contribution in [1.29, 1.82) is 0 Å². The number of pyridine rings is 1. The van der Waals surface area contributed by atoms with Gasteiger partial charge in [0, 0.05) is 72.4 Å². The van der Waals surface area contributed by atoms with Crippen molar-refractivity contribution in [2.45, 2.75) is 66.9 Å². The number of amides is 1. The summed E-state index contributed by atoms with van der Waals surface area (Å²) in [7, 11) is -29.9. The number of benzene rings is 8. The number of likely N-dealkylation sites (N-methyl/N-ethyl adjacent to an activating group) is 1. The second kappa shape index (κ2) is 35.4. The maximum atomic E-state index is 15.2. The van der Waals surface area contributed by atoms with Crippen LogP contribution in [0.1, 0.15) is 120 Å². The van der Waals surface area contributed by atoms with Gasteiger partial charge in [0.15, 0.2) is 17.3 Å². The maximum Gasteiger partial charge on any atom is 0.335 e. The van der Waals surface area contributed by atoms with Crippen molar-refractivity contribution in [1.82, 2.24) is 35.1 Å². The topological polar surface area (TPSA) is 735 Å². The molecular weight excluding hydrogens is 1940 g/mol. The quantitative estimate of drug-likeness (QED) is 0.00927. The lowest BCUT2D eigenvalue weighted by Gasteiger charge is -2.42. The molecule has 1 amide bonds. The van der Waals surface area contributed by atoms with Gasteiger partial charge in [0.25, 0.3) is 78.5 Å². The molecular formula is C85H66N14O33S6. The number of aromatic carboxylic acids is 4. The number of carboxylic acid groups (broad SMARTS) is 4. The highest BCUT2D eigenvalue weighted by molar-refractivity contribution is 7.87. The predicted molar refractivity (Wildman–Crippen MR) is 482 cm³/mol. The molecule has 8 aromatic carbocycles. The number of aromatic nitrogens is 4. The smallest absolute Gasteiger partial charge is 0.335 e. The van der Waals surface area contributed by atoms with E-state index in [1.807, 2.05) is 0 Å². The van der Waals surface area contributed by atoms with Crippen molar-refractivity contribution >= 4 is 177 Å². The van der Waals surface area contributed by atoms with Crippen molar-refractivity contribution in [3.05, 3.63) is 270 Å². The van der Waals surface area contributed by atoms with Crippen LogP contribution >= 0.6 is 0 Å². The van der Waals surface area contributed by atoms with E-state index in [1.54, 1.807) is 25.2 Å². The van der Waals surface area contributed by atoms with Crippen molar-refractivity contribution in [3.8, 4) is 17.5 Å². The van der Waals surface area contributed by atoms with Crippen LogP contribution < -0.4 is 52.3 Å². The molecule has 17 N–H and O–H groups in total. The van der Waals surface area contributed by atoms with Gasteiger partial charge in [-0.1, -0.05) is 85.8 Å². The number of allylic oxidation sites excluding steroid dienone is 5. The SMILES string of the molecule is CC(c1cccc(S(=O)(=O)O)c1)c1c2c3c(c(Nc4cc(NC5=NC(NCCNc6nc(Nc7cc(NC8=CCC9C%10=C8C(=O)c8ccccc8C%10=C(C(=O)c8cccc(S(=O)(=O)O)c8)C(=O)N9C)c(S(=O)(=O)O)cc7S(=O)(=O)O)nc(Oc7cc(C(=O)O)cc(C(=O)O)c7)n6)=NC(Oc6cc(C(=O)O)cc(C(=O)O)c6)N5)c(S(=O)(=O)O)cc4S(=O)(=O)O)ccc3n(C)c1=O)C(=O)C1C=CC=CC21. The zero-order valence-corrected chi connectivity index (χ0v) is 75.1. The molecule has 0 bridgehead atoms. The number of hydrogen-bond acceptors (Lipinski definition) is 35. The van der Waals surface area contributed by atoms with E-state index in [4.69, 9.17) is 9.47 Å². The summed E-state index contributed by atoms with van der Waals surface area (Å²) in [5.41, 5.74) is -8.48. The summed E-state index contributed by atoms with van der Waals surface area (Å²) in [6.07, 6.45) is 5.42. The molecule has 138 heavy (non-hydrogen) atoms. The van der Waals surface area contributed by atoms with Gasteiger partial charge in [-0.05, 0) is 126 Å². The standard InChI is InChI=1S/C85H66N14O33S6/c1-36(37-10-8-12-45(30-37)133(113,114)115)63-64-47-14-4-6-16-49(47)72(101)66-51(18-20-57(68(64)66)98(2)74(63)103)88-53-32-55(61(137(125,126)127)34-59(53)135(119,120)121)90-82-92-80(94-84(96-82)131-43-26-39(76(105)106)24-40(27-43)77(107)108)86-22-23-87-81-93-83(97-85(95-81)132-44-28-41(78(109)110)25-42(29-44)79(111)112)91-56-33-54(60(136(122,123)124)35-62(56)138(128,129)130)89-52-19-21-58-69-65(48-15-5-7-17-50(48)73(102)67(52)69)70(75(104)99(58)3)71(100)38-11-9-13-46(31-38)134(116,117)118/h4-20,24-36,47,49,58,84,88-89H,21-23H2,1-3H3,(H,105,106)(H,107,108)(H,109,110)(H,111,112)(H,113,114,115)(H,116,117,118)(H,119,120,121)(H,122,123,124)(H,125,126,127)(H,128,129,130)(H3,86,90,92,94,96)(H2,87,91,93,95,97). The number of ether oxygens (including phenoxy) is 2. The molecule has 5 atom stereocenters. The highest BCUT2D eigenvalue weighted by atomic mass is 32.2. The van der Waals surface area contributed by atoms with Gasteiger partial charge in [0.2, 0.25) is 23.8 Å². The first-order valence-corrected chi connectivity index (χ1v) is 48.4. The van der Waals surface area contributed by atoms with E-state index in [2.05, 4.69) is 62.2 Å². The van der Waals surface area contributed by atoms with Crippen LogP contribution in [0.5, 0.6) is 17.5 Å². The number of fused-ring (bicyclic) bond motifs is 4. The number of aryl methyl sites for hydroxylation is 1. The highest BCUT2D eigenvalue weighted by Gasteiger charge is 2.49. The predicted octanol–water partition coefficient (Wildman–Crippen LogP) is 7.61. The molecule has 0 radical (unpaired) electrons. The number of rotatable bonds is 29. The molecule has 47 nitrogen and oxygen atoms in total. The van der Waals surface area contributed by atoms with Crippen LogP contribution in [-0.2, 0) is 72.6 Å². The van der Waals surface area contributed by atoms with Gasteiger partial charge in [-0.2, -0.15) is 75.4 Å². The number of carbonyl (C=O) groups is 8. The van der Waals surface area contributed by atoms with E-state index in [1.165, 1.54) is 79.3 Å². The minimum atomic E-state index is -5.75. The molecule has 16 rings (SSSR count). The van der Waals surface area contributed by atoms with Gasteiger partial charge in [-0.15, -0.1) is 0 Å². The summed E-state index contributed by atoms with van der Waals surface area (Å²) in [5, 5.41) is 58.8. The van der Waals surface area contributed by atoms with E-state index in [-0.39, 0.29) is 90.9 Å². The molecule has 4 heterocycles. The Labute approximate surface area is 777 Å². The number of nitrogens with one attached hydrogen (secondary N) is 7. The second-order valence-corrected chi connectivity index (χ2v) is 39.5. The van der Waals surface area contributed by atoms with Gasteiger partial charge in [-0.25, -0.2) is 19.2 Å². The van der Waals surface area contributed by atoms with Crippen molar-refractivity contribution in [2.24, 2.45) is 23.0 Å². The maximum absolute atomic E-state index is 15.2. The lowest BCUT2D eigenvalue weighted by molar-refractivity contribution is -0.127. The Morgan fingerprint density at radius 1 is 0.522 bits per heavy atom. The average molecular weight is 2000 g/mol. The Balaban J connectivity index is 0.764. The molecule has 2 aromatic heterocycles. The van der Waals surface area contributed by atoms with Crippen LogP contribution in [0.2, 0.25) is 0 Å². The molecule has 4 aliphatic carbocycles. The largest absolute Gasteiger partial charge is 0.478 e. The van der Waals surface area contributed by atoms with Gasteiger partial charge in [0.05, 0.1) is 94.7 Å². The van der Waals surface area contributed by atoms with Crippen LogP contribution in [-0.4, -0.2) is 214 Å². The van der Waals surface area contributed by atoms with Gasteiger partial charge in [0.1, 0.15) is 31.1 Å². The third-order valence-corrected chi connectivity index (χ3v) is 27.8. The first kappa shape index (κ1) is 95.2. The van der Waals surface area contributed by atoms with Crippen molar-refractivity contribution in [2.75, 3.05) is 46.7 Å². The third kappa shape index (κ3) is 18.5. The number of carboxylic acids is 4. The van der Waals surface area contributed by atoms with Gasteiger partial charge in [-0.3, -0.25) is 51.3 Å². The average Bonchev–Trinajstić information content (AvgIpc) is 0.707.